The lowest BCUT2D eigenvalue weighted by Crippen LogP contribution is -2.25. The molecule has 2 nitrogen and oxygen atoms in total. The van der Waals surface area contributed by atoms with Gasteiger partial charge in [-0.25, -0.2) is 0 Å². The van der Waals surface area contributed by atoms with E-state index in [0.717, 1.165) is 6.29 Å². The Bertz CT molecular complexity index is 80.6. The Labute approximate surface area is 49.6 Å². The molecule has 0 amide bonds. The Hall–Kier alpha value is -0.630. The SMILES string of the molecule is C=CCC(C=O)NC. The summed E-state index contributed by atoms with van der Waals surface area (Å²) < 4.78 is 0. The average Bonchev–Trinajstić information content (AvgIpc) is 1.83. The normalized spacial score (nSPS) is 12.6. The number of rotatable bonds is 4. The fraction of sp³-hybridized carbons (Fsp3) is 0.500. The summed E-state index contributed by atoms with van der Waals surface area (Å²) in [5.74, 6) is 0. The minimum absolute atomic E-state index is 0.0486. The number of aldehydes is 1. The van der Waals surface area contributed by atoms with E-state index < -0.39 is 0 Å². The van der Waals surface area contributed by atoms with Crippen molar-refractivity contribution >= 4 is 6.29 Å². The first-order valence-corrected chi connectivity index (χ1v) is 2.58. The van der Waals surface area contributed by atoms with Crippen LogP contribution in [-0.2, 0) is 4.79 Å². The maximum atomic E-state index is 10.0. The standard InChI is InChI=1S/C6H11NO/c1-3-4-6(5-8)7-2/h3,5-7H,1,4H2,2H3. The lowest BCUT2D eigenvalue weighted by atomic mass is 10.2. The van der Waals surface area contributed by atoms with Crippen LogP contribution in [-0.4, -0.2) is 19.4 Å². The summed E-state index contributed by atoms with van der Waals surface area (Å²) in [5.41, 5.74) is 0. The van der Waals surface area contributed by atoms with Gasteiger partial charge in [0.05, 0.1) is 6.04 Å². The van der Waals surface area contributed by atoms with Crippen molar-refractivity contribution in [2.75, 3.05) is 7.05 Å². The second-order valence-electron chi connectivity index (χ2n) is 1.56. The summed E-state index contributed by atoms with van der Waals surface area (Å²) in [6, 6.07) is -0.0486. The second-order valence-corrected chi connectivity index (χ2v) is 1.56. The number of carbonyl (C=O) groups excluding carboxylic acids is 1. The number of carbonyl (C=O) groups is 1. The highest BCUT2D eigenvalue weighted by Gasteiger charge is 1.96. The van der Waals surface area contributed by atoms with E-state index in [0.29, 0.717) is 6.42 Å². The molecule has 2 heteroatoms. The first-order valence-electron chi connectivity index (χ1n) is 2.58. The molecule has 0 aromatic heterocycles. The van der Waals surface area contributed by atoms with Crippen LogP contribution in [0.4, 0.5) is 0 Å². The fourth-order valence-corrected chi connectivity index (χ4v) is 0.421. The van der Waals surface area contributed by atoms with Gasteiger partial charge in [-0.2, -0.15) is 0 Å². The molecule has 0 saturated carbocycles. The van der Waals surface area contributed by atoms with Crippen LogP contribution >= 0.6 is 0 Å². The van der Waals surface area contributed by atoms with Gasteiger partial charge in [-0.1, -0.05) is 6.08 Å². The maximum Gasteiger partial charge on any atom is 0.137 e. The van der Waals surface area contributed by atoms with Gasteiger partial charge in [0.1, 0.15) is 6.29 Å². The average molecular weight is 113 g/mol. The van der Waals surface area contributed by atoms with E-state index in [1.165, 1.54) is 0 Å². The molecule has 0 aliphatic rings. The molecule has 0 saturated heterocycles. The smallest absolute Gasteiger partial charge is 0.137 e. The molecule has 0 rings (SSSR count). The largest absolute Gasteiger partial charge is 0.311 e. The third-order valence-corrected chi connectivity index (χ3v) is 0.956. The lowest BCUT2D eigenvalue weighted by molar-refractivity contribution is -0.109. The first kappa shape index (κ1) is 7.37. The van der Waals surface area contributed by atoms with Gasteiger partial charge in [0, 0.05) is 0 Å². The minimum atomic E-state index is -0.0486. The van der Waals surface area contributed by atoms with Crippen molar-refractivity contribution in [1.29, 1.82) is 0 Å². The molecule has 0 aliphatic carbocycles. The molecule has 0 aromatic carbocycles. The molecule has 0 fully saturated rings. The van der Waals surface area contributed by atoms with E-state index in [1.807, 2.05) is 0 Å². The monoisotopic (exact) mass is 113 g/mol. The molecule has 0 aliphatic heterocycles. The Kier molecular flexibility index (Phi) is 4.17. The molecule has 0 spiro atoms. The van der Waals surface area contributed by atoms with Crippen molar-refractivity contribution in [1.82, 2.24) is 5.32 Å². The predicted octanol–water partition coefficient (Wildman–Crippen LogP) is 0.349. The van der Waals surface area contributed by atoms with E-state index in [4.69, 9.17) is 0 Å². The van der Waals surface area contributed by atoms with Crippen molar-refractivity contribution in [2.45, 2.75) is 12.5 Å². The van der Waals surface area contributed by atoms with Crippen LogP contribution in [0.25, 0.3) is 0 Å². The van der Waals surface area contributed by atoms with Crippen LogP contribution < -0.4 is 5.32 Å². The van der Waals surface area contributed by atoms with E-state index in [9.17, 15) is 4.79 Å². The Morgan fingerprint density at radius 3 is 2.62 bits per heavy atom. The van der Waals surface area contributed by atoms with Gasteiger partial charge in [0.25, 0.3) is 0 Å². The first-order chi connectivity index (χ1) is 3.85. The van der Waals surface area contributed by atoms with Crippen LogP contribution in [0.1, 0.15) is 6.42 Å². The summed E-state index contributed by atoms with van der Waals surface area (Å²) in [6.45, 7) is 3.50. The van der Waals surface area contributed by atoms with Crippen LogP contribution in [0.2, 0.25) is 0 Å². The number of hydrogen-bond acceptors (Lipinski definition) is 2. The third kappa shape index (κ3) is 2.53. The molecule has 1 atom stereocenters. The molecule has 0 aromatic rings. The van der Waals surface area contributed by atoms with E-state index in [1.54, 1.807) is 13.1 Å². The van der Waals surface area contributed by atoms with Gasteiger partial charge in [-0.15, -0.1) is 6.58 Å². The highest BCUT2D eigenvalue weighted by atomic mass is 16.1. The van der Waals surface area contributed by atoms with Gasteiger partial charge in [-0.3, -0.25) is 0 Å². The predicted molar refractivity (Wildman–Crippen MR) is 33.7 cm³/mol. The zero-order chi connectivity index (χ0) is 6.41. The number of hydrogen-bond donors (Lipinski definition) is 1. The van der Waals surface area contributed by atoms with Gasteiger partial charge >= 0.3 is 0 Å². The summed E-state index contributed by atoms with van der Waals surface area (Å²) in [7, 11) is 1.75. The van der Waals surface area contributed by atoms with Crippen molar-refractivity contribution in [3.63, 3.8) is 0 Å². The van der Waals surface area contributed by atoms with Crippen molar-refractivity contribution in [2.24, 2.45) is 0 Å². The molecule has 0 bridgehead atoms. The summed E-state index contributed by atoms with van der Waals surface area (Å²) in [6.07, 6.45) is 3.30. The van der Waals surface area contributed by atoms with Gasteiger partial charge in [0.15, 0.2) is 0 Å². The Morgan fingerprint density at radius 1 is 1.88 bits per heavy atom. The lowest BCUT2D eigenvalue weighted by Gasteiger charge is -2.01. The Balaban J connectivity index is 3.35. The molecule has 0 radical (unpaired) electrons. The zero-order valence-corrected chi connectivity index (χ0v) is 5.05. The number of likely N-dealkylation sites (N-methyl/N-ethyl adjacent to an activating group) is 1. The zero-order valence-electron chi connectivity index (χ0n) is 5.05. The quantitative estimate of drug-likeness (QED) is 0.421. The van der Waals surface area contributed by atoms with Crippen molar-refractivity contribution in [3.8, 4) is 0 Å². The Morgan fingerprint density at radius 2 is 2.50 bits per heavy atom. The fourth-order valence-electron chi connectivity index (χ4n) is 0.421. The van der Waals surface area contributed by atoms with Crippen molar-refractivity contribution < 1.29 is 4.79 Å². The van der Waals surface area contributed by atoms with Crippen LogP contribution in [0.3, 0.4) is 0 Å². The molecule has 46 valence electrons. The molecular weight excluding hydrogens is 102 g/mol. The van der Waals surface area contributed by atoms with Gasteiger partial charge in [0.2, 0.25) is 0 Å². The molecule has 1 unspecified atom stereocenters. The van der Waals surface area contributed by atoms with E-state index >= 15 is 0 Å². The topological polar surface area (TPSA) is 29.1 Å². The number of nitrogens with one attached hydrogen (secondary N) is 1. The van der Waals surface area contributed by atoms with E-state index in [2.05, 4.69) is 11.9 Å². The second kappa shape index (κ2) is 4.53. The molecule has 0 heterocycles. The maximum absolute atomic E-state index is 10.0. The summed E-state index contributed by atoms with van der Waals surface area (Å²) in [4.78, 5) is 10.0. The summed E-state index contributed by atoms with van der Waals surface area (Å²) in [5, 5.41) is 2.81. The molecule has 1 N–H and O–H groups in total. The molecular formula is C6H11NO. The highest BCUT2D eigenvalue weighted by molar-refractivity contribution is 5.57. The third-order valence-electron chi connectivity index (χ3n) is 0.956. The minimum Gasteiger partial charge on any atom is -0.311 e. The van der Waals surface area contributed by atoms with Crippen LogP contribution in [0.15, 0.2) is 12.7 Å². The van der Waals surface area contributed by atoms with Gasteiger partial charge in [-0.05, 0) is 13.5 Å². The van der Waals surface area contributed by atoms with Crippen molar-refractivity contribution in [3.05, 3.63) is 12.7 Å². The highest BCUT2D eigenvalue weighted by Crippen LogP contribution is 1.84. The van der Waals surface area contributed by atoms with Crippen LogP contribution in [0, 0.1) is 0 Å². The van der Waals surface area contributed by atoms with E-state index in [-0.39, 0.29) is 6.04 Å². The van der Waals surface area contributed by atoms with Crippen LogP contribution in [0.5, 0.6) is 0 Å². The summed E-state index contributed by atoms with van der Waals surface area (Å²) >= 11 is 0. The molecule has 8 heavy (non-hydrogen) atoms. The van der Waals surface area contributed by atoms with Gasteiger partial charge < -0.3 is 10.1 Å².